The predicted octanol–water partition coefficient (Wildman–Crippen LogP) is 3.12. The Kier molecular flexibility index (Phi) is 12.9. The fourth-order valence-corrected chi connectivity index (χ4v) is 10.1. The molecule has 4 N–H and O–H groups in total. The highest BCUT2D eigenvalue weighted by molar-refractivity contribution is 5.07. The summed E-state index contributed by atoms with van der Waals surface area (Å²) in [5.74, 6) is -4.11. The first-order chi connectivity index (χ1) is 24.2. The van der Waals surface area contributed by atoms with Gasteiger partial charge < -0.3 is 58.3 Å². The van der Waals surface area contributed by atoms with Crippen LogP contribution >= 0.6 is 0 Å². The van der Waals surface area contributed by atoms with Gasteiger partial charge in [0.05, 0.1) is 59.8 Å². The van der Waals surface area contributed by atoms with Crippen molar-refractivity contribution >= 4 is 0 Å². The maximum atomic E-state index is 13.5. The molecule has 304 valence electrons. The second-order valence-electron chi connectivity index (χ2n) is 17.4. The Labute approximate surface area is 309 Å². The van der Waals surface area contributed by atoms with Gasteiger partial charge in [-0.25, -0.2) is 4.39 Å². The van der Waals surface area contributed by atoms with Gasteiger partial charge in [-0.3, -0.25) is 4.90 Å². The van der Waals surface area contributed by atoms with E-state index in [4.69, 9.17) is 37.9 Å². The van der Waals surface area contributed by atoms with Gasteiger partial charge in [-0.15, -0.1) is 0 Å². The first-order valence-electron chi connectivity index (χ1n) is 19.4. The van der Waals surface area contributed by atoms with Gasteiger partial charge in [-0.2, -0.15) is 0 Å². The van der Waals surface area contributed by atoms with E-state index in [-0.39, 0.29) is 25.0 Å². The van der Waals surface area contributed by atoms with E-state index in [0.29, 0.717) is 19.3 Å². The molecule has 5 rings (SSSR count). The molecule has 5 fully saturated rings. The van der Waals surface area contributed by atoms with Gasteiger partial charge in [0, 0.05) is 38.0 Å². The fraction of sp³-hybridized carbons (Fsp3) is 1.00. The lowest BCUT2D eigenvalue weighted by atomic mass is 9.74. The zero-order chi connectivity index (χ0) is 38.7. The molecular formula is C38H68FNO12. The van der Waals surface area contributed by atoms with E-state index in [2.05, 4.69) is 6.92 Å². The molecule has 13 nitrogen and oxygen atoms in total. The molecule has 5 heterocycles. The van der Waals surface area contributed by atoms with Crippen molar-refractivity contribution in [2.75, 3.05) is 27.4 Å². The molecule has 0 amide bonds. The van der Waals surface area contributed by atoms with Gasteiger partial charge in [0.15, 0.2) is 12.6 Å². The van der Waals surface area contributed by atoms with Gasteiger partial charge in [0.1, 0.15) is 24.5 Å². The summed E-state index contributed by atoms with van der Waals surface area (Å²) in [6.45, 7) is 18.4. The number of aliphatic hydroxyl groups excluding tert-OH is 2. The van der Waals surface area contributed by atoms with Crippen LogP contribution in [0.4, 0.5) is 4.39 Å². The summed E-state index contributed by atoms with van der Waals surface area (Å²) in [5.41, 5.74) is -3.41. The summed E-state index contributed by atoms with van der Waals surface area (Å²) < 4.78 is 65.6. The molecule has 0 saturated carbocycles. The van der Waals surface area contributed by atoms with E-state index in [1.54, 1.807) is 39.6 Å². The van der Waals surface area contributed by atoms with Gasteiger partial charge in [0.2, 0.25) is 0 Å². The van der Waals surface area contributed by atoms with Crippen LogP contribution in [0.3, 0.4) is 0 Å². The Balaban J connectivity index is 1.61. The van der Waals surface area contributed by atoms with Crippen molar-refractivity contribution in [2.24, 2.45) is 23.7 Å². The minimum Gasteiger partial charge on any atom is -0.387 e. The van der Waals surface area contributed by atoms with Gasteiger partial charge in [0.25, 0.3) is 5.97 Å². The number of fused-ring (bicyclic) bond motifs is 4. The van der Waals surface area contributed by atoms with E-state index >= 15 is 0 Å². The number of nitrogens with zero attached hydrogens (tertiary/aromatic N) is 1. The minimum atomic E-state index is -2.21. The first-order valence-corrected chi connectivity index (χ1v) is 19.4. The molecule has 0 spiro atoms. The smallest absolute Gasteiger partial charge is 0.286 e. The lowest BCUT2D eigenvalue weighted by Crippen LogP contribution is -2.69. The third kappa shape index (κ3) is 7.73. The number of methoxy groups -OCH3 is 1. The molecule has 0 aliphatic carbocycles. The Morgan fingerprint density at radius 2 is 1.58 bits per heavy atom. The van der Waals surface area contributed by atoms with Crippen molar-refractivity contribution in [3.8, 4) is 0 Å². The molecular weight excluding hydrogens is 681 g/mol. The second kappa shape index (κ2) is 15.7. The molecule has 7 unspecified atom stereocenters. The van der Waals surface area contributed by atoms with Crippen LogP contribution in [0.15, 0.2) is 0 Å². The van der Waals surface area contributed by atoms with E-state index in [1.165, 1.54) is 7.11 Å². The van der Waals surface area contributed by atoms with Crippen LogP contribution in [0.2, 0.25) is 0 Å². The molecule has 5 saturated heterocycles. The van der Waals surface area contributed by atoms with Crippen LogP contribution < -0.4 is 0 Å². The van der Waals surface area contributed by atoms with Crippen molar-refractivity contribution in [1.82, 2.24) is 4.90 Å². The zero-order valence-corrected chi connectivity index (χ0v) is 33.4. The topological polar surface area (TPSA) is 158 Å². The van der Waals surface area contributed by atoms with Gasteiger partial charge in [-0.05, 0) is 66.8 Å². The summed E-state index contributed by atoms with van der Waals surface area (Å²) in [6, 6.07) is -0.414. The maximum absolute atomic E-state index is 13.5. The van der Waals surface area contributed by atoms with Crippen LogP contribution in [0.1, 0.15) is 94.9 Å². The largest absolute Gasteiger partial charge is 0.387 e. The van der Waals surface area contributed by atoms with Crippen LogP contribution in [0, 0.1) is 23.7 Å². The number of aliphatic hydroxyl groups is 4. The number of ether oxygens (including phenoxy) is 8. The maximum Gasteiger partial charge on any atom is 0.286 e. The van der Waals surface area contributed by atoms with Gasteiger partial charge in [-0.1, -0.05) is 34.6 Å². The third-order valence-electron chi connectivity index (χ3n) is 13.2. The zero-order valence-electron chi connectivity index (χ0n) is 33.4. The molecule has 20 atom stereocenters. The molecule has 14 heteroatoms. The summed E-state index contributed by atoms with van der Waals surface area (Å²) in [7, 11) is 3.32. The molecule has 0 radical (unpaired) electrons. The Morgan fingerprint density at radius 1 is 0.904 bits per heavy atom. The summed E-state index contributed by atoms with van der Waals surface area (Å²) in [5, 5.41) is 47.2. The summed E-state index contributed by atoms with van der Waals surface area (Å²) in [4.78, 5) is 1.80. The third-order valence-corrected chi connectivity index (χ3v) is 13.2. The van der Waals surface area contributed by atoms with Crippen LogP contribution in [-0.2, 0) is 37.9 Å². The van der Waals surface area contributed by atoms with Gasteiger partial charge >= 0.3 is 0 Å². The van der Waals surface area contributed by atoms with Crippen LogP contribution in [-0.4, -0.2) is 149 Å². The minimum absolute atomic E-state index is 0.0177. The lowest BCUT2D eigenvalue weighted by molar-refractivity contribution is -0.481. The van der Waals surface area contributed by atoms with Crippen molar-refractivity contribution < 1.29 is 62.7 Å². The van der Waals surface area contributed by atoms with E-state index in [0.717, 1.165) is 0 Å². The first kappa shape index (κ1) is 42.6. The van der Waals surface area contributed by atoms with E-state index in [9.17, 15) is 24.8 Å². The number of likely N-dealkylation sites (N-methyl/N-ethyl adjacent to an activating group) is 1. The van der Waals surface area contributed by atoms with Crippen molar-refractivity contribution in [3.63, 3.8) is 0 Å². The Hall–Kier alpha value is -0.590. The average Bonchev–Trinajstić information content (AvgIpc) is 3.39. The quantitative estimate of drug-likeness (QED) is 0.273. The summed E-state index contributed by atoms with van der Waals surface area (Å²) in [6.07, 6.45) is -7.03. The van der Waals surface area contributed by atoms with Crippen LogP contribution in [0.25, 0.3) is 0 Å². The molecule has 52 heavy (non-hydrogen) atoms. The number of rotatable bonds is 9. The van der Waals surface area contributed by atoms with Crippen molar-refractivity contribution in [1.29, 1.82) is 0 Å². The molecule has 0 aromatic rings. The molecule has 4 bridgehead atoms. The number of halogens is 1. The van der Waals surface area contributed by atoms with Crippen molar-refractivity contribution in [3.05, 3.63) is 0 Å². The number of alkyl halides is 1. The number of hydrogen-bond donors (Lipinski definition) is 4. The average molecular weight is 750 g/mol. The highest BCUT2D eigenvalue weighted by atomic mass is 19.1. The lowest BCUT2D eigenvalue weighted by Gasteiger charge is -2.55. The normalized spacial score (nSPS) is 54.6. The molecule has 5 aliphatic heterocycles. The highest BCUT2D eigenvalue weighted by Gasteiger charge is 2.64. The molecule has 0 aromatic heterocycles. The van der Waals surface area contributed by atoms with Crippen molar-refractivity contribution in [2.45, 2.75) is 191 Å². The van der Waals surface area contributed by atoms with E-state index < -0.39 is 115 Å². The number of hydrogen-bond acceptors (Lipinski definition) is 13. The molecule has 5 aliphatic rings. The fourth-order valence-electron chi connectivity index (χ4n) is 10.1. The highest BCUT2D eigenvalue weighted by Crippen LogP contribution is 2.52. The second-order valence-corrected chi connectivity index (χ2v) is 17.4. The van der Waals surface area contributed by atoms with E-state index in [1.807, 2.05) is 34.6 Å². The monoisotopic (exact) mass is 749 g/mol. The standard InChI is InChI=1S/C38H68FNO12/c1-13-26-37(10,43)33-21(4)29-19(2)17-36(9,51-29)32(49-34-28(41)25(16-20(3)46-34)40(11)15-14-39)22(5)30(23(6)38(44,50-26)52-33)48-27-18-35(8,45-12)31(42)24(7)47-27/h19-34,41-44H,13-18H2,1-12H3/t19-,20?,21-,22-,23+,24?,25?,26+,27-,28?,29?,30-,31-,32+,33+,34-,35?,36?,37+,38-/m0/s1. The van der Waals surface area contributed by atoms with Crippen LogP contribution in [0.5, 0.6) is 0 Å². The molecule has 0 aromatic carbocycles. The summed E-state index contributed by atoms with van der Waals surface area (Å²) >= 11 is 0. The predicted molar refractivity (Wildman–Crippen MR) is 188 cm³/mol. The Morgan fingerprint density at radius 3 is 2.19 bits per heavy atom. The Bertz CT molecular complexity index is 1200. The SMILES string of the molecule is CC[C@H]1O[C@]2(O)O[C@H]([C@@H](C)C3OC(C)(C[C@@H]3C)[C@H](O[C@@H]3OC(C)CC(N(C)CCF)C3O)[C@@H](C)[C@H](O[C@H]3CC(C)(OC)[C@@H](O)C(C)O3)[C@H]2C)[C@]1(C)O.